The summed E-state index contributed by atoms with van der Waals surface area (Å²) in [6.45, 7) is 6.43. The van der Waals surface area contributed by atoms with Crippen LogP contribution in [0.25, 0.3) is 0 Å². The van der Waals surface area contributed by atoms with Crippen molar-refractivity contribution in [1.82, 2.24) is 9.78 Å². The molecule has 1 atom stereocenters. The molecular formula is C12H15BrN2O2. The summed E-state index contributed by atoms with van der Waals surface area (Å²) >= 11 is 3.41. The minimum atomic E-state index is -0.718. The Morgan fingerprint density at radius 1 is 1.53 bits per heavy atom. The van der Waals surface area contributed by atoms with Gasteiger partial charge in [-0.3, -0.25) is 4.68 Å². The van der Waals surface area contributed by atoms with Gasteiger partial charge in [0.1, 0.15) is 17.6 Å². The van der Waals surface area contributed by atoms with Gasteiger partial charge in [0.05, 0.1) is 16.4 Å². The molecule has 0 saturated heterocycles. The zero-order chi connectivity index (χ0) is 12.6. The average Bonchev–Trinajstić information content (AvgIpc) is 2.80. The van der Waals surface area contributed by atoms with Gasteiger partial charge in [0.15, 0.2) is 0 Å². The van der Waals surface area contributed by atoms with Gasteiger partial charge in [-0.1, -0.05) is 0 Å². The number of nitrogens with zero attached hydrogens (tertiary/aromatic N) is 2. The third-order valence-corrected chi connectivity index (χ3v) is 3.38. The Labute approximate surface area is 108 Å². The van der Waals surface area contributed by atoms with Crippen molar-refractivity contribution in [2.24, 2.45) is 0 Å². The molecule has 17 heavy (non-hydrogen) atoms. The van der Waals surface area contributed by atoms with E-state index in [0.717, 1.165) is 27.3 Å². The molecule has 92 valence electrons. The lowest BCUT2D eigenvalue weighted by Gasteiger charge is -2.12. The molecule has 2 rings (SSSR count). The van der Waals surface area contributed by atoms with E-state index in [1.807, 2.05) is 26.8 Å². The third-order valence-electron chi connectivity index (χ3n) is 2.77. The minimum Gasteiger partial charge on any atom is -0.466 e. The van der Waals surface area contributed by atoms with Crippen molar-refractivity contribution in [3.63, 3.8) is 0 Å². The Kier molecular flexibility index (Phi) is 3.40. The van der Waals surface area contributed by atoms with E-state index in [9.17, 15) is 5.11 Å². The summed E-state index contributed by atoms with van der Waals surface area (Å²) in [6.07, 6.45) is 0.980. The Bertz CT molecular complexity index is 531. The summed E-state index contributed by atoms with van der Waals surface area (Å²) in [4.78, 5) is 0. The highest BCUT2D eigenvalue weighted by Crippen LogP contribution is 2.31. The lowest BCUT2D eigenvalue weighted by Crippen LogP contribution is -2.09. The predicted molar refractivity (Wildman–Crippen MR) is 67.8 cm³/mol. The molecule has 0 amide bonds. The minimum absolute atomic E-state index is 0.716. The second-order valence-electron chi connectivity index (χ2n) is 3.96. The number of aliphatic hydroxyl groups excluding tert-OH is 1. The van der Waals surface area contributed by atoms with Gasteiger partial charge in [0.2, 0.25) is 0 Å². The molecule has 0 aromatic carbocycles. The highest BCUT2D eigenvalue weighted by atomic mass is 79.9. The summed E-state index contributed by atoms with van der Waals surface area (Å²) in [6, 6.07) is 1.86. The molecule has 1 unspecified atom stereocenters. The molecule has 0 aliphatic rings. The van der Waals surface area contributed by atoms with Gasteiger partial charge < -0.3 is 9.52 Å². The molecule has 0 spiro atoms. The maximum Gasteiger partial charge on any atom is 0.125 e. The molecule has 0 aliphatic heterocycles. The van der Waals surface area contributed by atoms with E-state index in [1.165, 1.54) is 0 Å². The number of aryl methyl sites for hydroxylation is 3. The highest BCUT2D eigenvalue weighted by molar-refractivity contribution is 9.10. The van der Waals surface area contributed by atoms with Crippen LogP contribution in [0, 0.1) is 13.8 Å². The number of aliphatic hydroxyl groups is 1. The molecule has 4 nitrogen and oxygen atoms in total. The standard InChI is InChI=1S/C12H15BrN2O2/c1-4-15-11(10(13)6-14-15)12(16)9-5-7(2)17-8(9)3/h5-6,12,16H,4H2,1-3H3. The first-order chi connectivity index (χ1) is 8.04. The molecule has 1 N–H and O–H groups in total. The van der Waals surface area contributed by atoms with Gasteiger partial charge in [-0.05, 0) is 42.8 Å². The summed E-state index contributed by atoms with van der Waals surface area (Å²) in [5.41, 5.74) is 1.55. The number of furan rings is 1. The van der Waals surface area contributed by atoms with Gasteiger partial charge in [-0.15, -0.1) is 0 Å². The summed E-state index contributed by atoms with van der Waals surface area (Å²) in [5, 5.41) is 14.6. The van der Waals surface area contributed by atoms with Crippen molar-refractivity contribution in [2.75, 3.05) is 0 Å². The van der Waals surface area contributed by atoms with Crippen molar-refractivity contribution in [3.05, 3.63) is 39.5 Å². The van der Waals surface area contributed by atoms with Crippen LogP contribution in [0.15, 0.2) is 21.2 Å². The van der Waals surface area contributed by atoms with Crippen LogP contribution in [0.2, 0.25) is 0 Å². The van der Waals surface area contributed by atoms with Gasteiger partial charge in [-0.25, -0.2) is 0 Å². The second kappa shape index (κ2) is 4.66. The lowest BCUT2D eigenvalue weighted by molar-refractivity contribution is 0.205. The van der Waals surface area contributed by atoms with Crippen molar-refractivity contribution >= 4 is 15.9 Å². The van der Waals surface area contributed by atoms with Crippen LogP contribution in [0.4, 0.5) is 0 Å². The fraction of sp³-hybridized carbons (Fsp3) is 0.417. The van der Waals surface area contributed by atoms with Crippen LogP contribution in [0.5, 0.6) is 0 Å². The van der Waals surface area contributed by atoms with E-state index >= 15 is 0 Å². The van der Waals surface area contributed by atoms with Crippen molar-refractivity contribution < 1.29 is 9.52 Å². The molecule has 2 heterocycles. The summed E-state index contributed by atoms with van der Waals surface area (Å²) in [5.74, 6) is 1.54. The number of halogens is 1. The molecule has 2 aromatic heterocycles. The maximum atomic E-state index is 10.4. The zero-order valence-electron chi connectivity index (χ0n) is 10.1. The smallest absolute Gasteiger partial charge is 0.125 e. The van der Waals surface area contributed by atoms with E-state index in [0.29, 0.717) is 6.54 Å². The van der Waals surface area contributed by atoms with E-state index in [1.54, 1.807) is 10.9 Å². The molecule has 0 aliphatic carbocycles. The van der Waals surface area contributed by atoms with Crippen LogP contribution in [0.1, 0.15) is 35.8 Å². The fourth-order valence-corrected chi connectivity index (χ4v) is 2.48. The Morgan fingerprint density at radius 3 is 2.76 bits per heavy atom. The number of hydrogen-bond donors (Lipinski definition) is 1. The monoisotopic (exact) mass is 298 g/mol. The number of rotatable bonds is 3. The average molecular weight is 299 g/mol. The van der Waals surface area contributed by atoms with E-state index < -0.39 is 6.10 Å². The largest absolute Gasteiger partial charge is 0.466 e. The fourth-order valence-electron chi connectivity index (χ4n) is 1.97. The first-order valence-electron chi connectivity index (χ1n) is 5.50. The highest BCUT2D eigenvalue weighted by Gasteiger charge is 2.22. The van der Waals surface area contributed by atoms with Crippen LogP contribution in [-0.2, 0) is 6.54 Å². The first-order valence-corrected chi connectivity index (χ1v) is 6.30. The van der Waals surface area contributed by atoms with Crippen LogP contribution >= 0.6 is 15.9 Å². The van der Waals surface area contributed by atoms with Gasteiger partial charge in [0.25, 0.3) is 0 Å². The molecule has 0 saturated carbocycles. The van der Waals surface area contributed by atoms with Crippen molar-refractivity contribution in [2.45, 2.75) is 33.4 Å². The van der Waals surface area contributed by atoms with E-state index in [4.69, 9.17) is 4.42 Å². The zero-order valence-corrected chi connectivity index (χ0v) is 11.7. The normalized spacial score (nSPS) is 13.0. The van der Waals surface area contributed by atoms with Gasteiger partial charge in [-0.2, -0.15) is 5.10 Å². The lowest BCUT2D eigenvalue weighted by atomic mass is 10.1. The Hall–Kier alpha value is -1.07. The van der Waals surface area contributed by atoms with Gasteiger partial charge in [0, 0.05) is 12.1 Å². The Balaban J connectivity index is 2.46. The predicted octanol–water partition coefficient (Wildman–Crippen LogP) is 2.96. The topological polar surface area (TPSA) is 51.2 Å². The van der Waals surface area contributed by atoms with E-state index in [2.05, 4.69) is 21.0 Å². The van der Waals surface area contributed by atoms with Crippen molar-refractivity contribution in [1.29, 1.82) is 0 Å². The third kappa shape index (κ3) is 2.17. The molecular weight excluding hydrogens is 284 g/mol. The van der Waals surface area contributed by atoms with Crippen LogP contribution in [0.3, 0.4) is 0 Å². The summed E-state index contributed by atoms with van der Waals surface area (Å²) in [7, 11) is 0. The Morgan fingerprint density at radius 2 is 2.24 bits per heavy atom. The molecule has 0 bridgehead atoms. The first kappa shape index (κ1) is 12.4. The second-order valence-corrected chi connectivity index (χ2v) is 4.82. The molecule has 5 heteroatoms. The van der Waals surface area contributed by atoms with Gasteiger partial charge >= 0.3 is 0 Å². The quantitative estimate of drug-likeness (QED) is 0.948. The van der Waals surface area contributed by atoms with Crippen molar-refractivity contribution in [3.8, 4) is 0 Å². The van der Waals surface area contributed by atoms with E-state index in [-0.39, 0.29) is 0 Å². The molecule has 2 aromatic rings. The maximum absolute atomic E-state index is 10.4. The SMILES string of the molecule is CCn1ncc(Br)c1C(O)c1cc(C)oc1C. The van der Waals surface area contributed by atoms with Crippen LogP contribution < -0.4 is 0 Å². The molecule has 0 radical (unpaired) electrons. The van der Waals surface area contributed by atoms with Crippen LogP contribution in [-0.4, -0.2) is 14.9 Å². The summed E-state index contributed by atoms with van der Waals surface area (Å²) < 4.78 is 8.03. The molecule has 0 fully saturated rings. The number of hydrogen-bond acceptors (Lipinski definition) is 3. The number of aromatic nitrogens is 2.